The van der Waals surface area contributed by atoms with Gasteiger partial charge in [0.1, 0.15) is 0 Å². The van der Waals surface area contributed by atoms with E-state index in [2.05, 4.69) is 48.3 Å². The monoisotopic (exact) mass is 286 g/mol. The second-order valence-corrected chi connectivity index (χ2v) is 7.21. The Labute approximate surface area is 129 Å². The van der Waals surface area contributed by atoms with Gasteiger partial charge in [-0.3, -0.25) is 0 Å². The summed E-state index contributed by atoms with van der Waals surface area (Å²) in [6, 6.07) is 9.78. The van der Waals surface area contributed by atoms with E-state index in [0.717, 1.165) is 24.4 Å². The molecule has 0 aromatic heterocycles. The number of nitrogens with one attached hydrogen (secondary N) is 1. The molecule has 2 nitrogen and oxygen atoms in total. The fourth-order valence-electron chi connectivity index (χ4n) is 3.54. The summed E-state index contributed by atoms with van der Waals surface area (Å²) in [7, 11) is 0. The number of hydrogen-bond acceptors (Lipinski definition) is 2. The first-order valence-corrected chi connectivity index (χ1v) is 8.80. The number of para-hydroxylation sites is 1. The van der Waals surface area contributed by atoms with Crippen LogP contribution in [0, 0.1) is 11.8 Å². The zero-order chi connectivity index (χ0) is 14.7. The summed E-state index contributed by atoms with van der Waals surface area (Å²) in [5.74, 6) is 1.74. The molecule has 1 aliphatic carbocycles. The van der Waals surface area contributed by atoms with Crippen molar-refractivity contribution in [3.8, 4) is 0 Å². The van der Waals surface area contributed by atoms with Gasteiger partial charge in [0.2, 0.25) is 0 Å². The van der Waals surface area contributed by atoms with E-state index >= 15 is 0 Å². The number of rotatable bonds is 5. The van der Waals surface area contributed by atoms with Crippen LogP contribution in [-0.2, 0) is 6.54 Å². The molecule has 0 spiro atoms. The first-order chi connectivity index (χ1) is 10.2. The topological polar surface area (TPSA) is 15.3 Å². The van der Waals surface area contributed by atoms with Crippen molar-refractivity contribution in [1.82, 2.24) is 5.32 Å². The quantitative estimate of drug-likeness (QED) is 0.872. The largest absolute Gasteiger partial charge is 0.371 e. The Bertz CT molecular complexity index is 451. The molecule has 1 saturated heterocycles. The normalized spacial score (nSPS) is 23.4. The maximum absolute atomic E-state index is 3.67. The fourth-order valence-corrected chi connectivity index (χ4v) is 3.54. The molecule has 3 rings (SSSR count). The zero-order valence-corrected chi connectivity index (χ0v) is 13.6. The van der Waals surface area contributed by atoms with Gasteiger partial charge in [-0.05, 0) is 55.6 Å². The molecule has 116 valence electrons. The summed E-state index contributed by atoms with van der Waals surface area (Å²) in [5.41, 5.74) is 2.95. The van der Waals surface area contributed by atoms with Crippen LogP contribution in [0.5, 0.6) is 0 Å². The molecule has 2 aliphatic rings. The predicted molar refractivity (Wildman–Crippen MR) is 90.7 cm³/mol. The number of hydrogen-bond donors (Lipinski definition) is 1. The smallest absolute Gasteiger partial charge is 0.0411 e. The van der Waals surface area contributed by atoms with Crippen LogP contribution < -0.4 is 10.2 Å². The van der Waals surface area contributed by atoms with Crippen LogP contribution >= 0.6 is 0 Å². The van der Waals surface area contributed by atoms with Crippen LogP contribution in [0.2, 0.25) is 0 Å². The van der Waals surface area contributed by atoms with Gasteiger partial charge in [-0.2, -0.15) is 0 Å². The molecule has 1 N–H and O–H groups in total. The molecular weight excluding hydrogens is 256 g/mol. The van der Waals surface area contributed by atoms with Crippen molar-refractivity contribution in [1.29, 1.82) is 0 Å². The van der Waals surface area contributed by atoms with Gasteiger partial charge in [0.25, 0.3) is 0 Å². The predicted octanol–water partition coefficient (Wildman–Crippen LogP) is 4.20. The third-order valence-electron chi connectivity index (χ3n) is 5.21. The Balaban J connectivity index is 1.67. The van der Waals surface area contributed by atoms with E-state index in [9.17, 15) is 0 Å². The lowest BCUT2D eigenvalue weighted by molar-refractivity contribution is 0.351. The van der Waals surface area contributed by atoms with E-state index in [1.807, 2.05) is 0 Å². The molecule has 0 bridgehead atoms. The molecule has 2 heteroatoms. The number of nitrogens with zero attached hydrogens (tertiary/aromatic N) is 1. The minimum Gasteiger partial charge on any atom is -0.371 e. The maximum Gasteiger partial charge on any atom is 0.0411 e. The molecule has 1 saturated carbocycles. The Morgan fingerprint density at radius 3 is 2.67 bits per heavy atom. The van der Waals surface area contributed by atoms with Gasteiger partial charge in [-0.1, -0.05) is 32.0 Å². The highest BCUT2D eigenvalue weighted by Gasteiger charge is 2.23. The number of anilines is 1. The van der Waals surface area contributed by atoms with E-state index in [1.54, 1.807) is 0 Å². The highest BCUT2D eigenvalue weighted by atomic mass is 15.1. The lowest BCUT2D eigenvalue weighted by Gasteiger charge is -2.26. The average molecular weight is 286 g/mol. The first-order valence-electron chi connectivity index (χ1n) is 8.80. The molecule has 1 aromatic rings. The standard InChI is InChI=1S/C19H30N2/c1-15(2)16-7-5-12-21(13-11-16)19-8-4-3-6-17(19)14-20-18-9-10-18/h3-4,6,8,15-16,18,20H,5,7,9-14H2,1-2H3. The summed E-state index contributed by atoms with van der Waals surface area (Å²) in [4.78, 5) is 2.63. The lowest BCUT2D eigenvalue weighted by Crippen LogP contribution is -2.27. The minimum atomic E-state index is 0.785. The van der Waals surface area contributed by atoms with Gasteiger partial charge in [0.15, 0.2) is 0 Å². The van der Waals surface area contributed by atoms with E-state index in [4.69, 9.17) is 0 Å². The summed E-state index contributed by atoms with van der Waals surface area (Å²) < 4.78 is 0. The van der Waals surface area contributed by atoms with Crippen molar-refractivity contribution >= 4 is 5.69 Å². The first kappa shape index (κ1) is 14.9. The molecule has 21 heavy (non-hydrogen) atoms. The summed E-state index contributed by atoms with van der Waals surface area (Å²) in [5, 5.41) is 3.67. The molecule has 2 fully saturated rings. The Morgan fingerprint density at radius 1 is 1.10 bits per heavy atom. The maximum atomic E-state index is 3.67. The summed E-state index contributed by atoms with van der Waals surface area (Å²) in [6.07, 6.45) is 6.82. The SMILES string of the molecule is CC(C)C1CCCN(c2ccccc2CNC2CC2)CC1. The van der Waals surface area contributed by atoms with Crippen molar-refractivity contribution in [2.24, 2.45) is 11.8 Å². The second-order valence-electron chi connectivity index (χ2n) is 7.21. The Hall–Kier alpha value is -1.02. The fraction of sp³-hybridized carbons (Fsp3) is 0.684. The lowest BCUT2D eigenvalue weighted by atomic mass is 9.89. The molecule has 0 radical (unpaired) electrons. The Kier molecular flexibility index (Phi) is 4.84. The molecule has 1 heterocycles. The van der Waals surface area contributed by atoms with E-state index in [1.165, 1.54) is 56.4 Å². The second kappa shape index (κ2) is 6.83. The molecule has 0 amide bonds. The molecular formula is C19H30N2. The summed E-state index contributed by atoms with van der Waals surface area (Å²) in [6.45, 7) is 8.25. The molecule has 1 aliphatic heterocycles. The molecule has 1 aromatic carbocycles. The number of benzene rings is 1. The minimum absolute atomic E-state index is 0.785. The highest BCUT2D eigenvalue weighted by molar-refractivity contribution is 5.53. The van der Waals surface area contributed by atoms with E-state index in [-0.39, 0.29) is 0 Å². The molecule has 1 unspecified atom stereocenters. The van der Waals surface area contributed by atoms with Crippen LogP contribution in [0.15, 0.2) is 24.3 Å². The highest BCUT2D eigenvalue weighted by Crippen LogP contribution is 2.29. The van der Waals surface area contributed by atoms with Crippen LogP contribution in [0.4, 0.5) is 5.69 Å². The Morgan fingerprint density at radius 2 is 1.90 bits per heavy atom. The average Bonchev–Trinajstić information content (AvgIpc) is 3.32. The van der Waals surface area contributed by atoms with E-state index in [0.29, 0.717) is 0 Å². The van der Waals surface area contributed by atoms with Crippen LogP contribution in [0.3, 0.4) is 0 Å². The van der Waals surface area contributed by atoms with Crippen molar-refractivity contribution in [3.63, 3.8) is 0 Å². The van der Waals surface area contributed by atoms with Gasteiger partial charge in [0, 0.05) is 31.4 Å². The van der Waals surface area contributed by atoms with Crippen LogP contribution in [0.1, 0.15) is 51.5 Å². The molecule has 1 atom stereocenters. The van der Waals surface area contributed by atoms with Crippen LogP contribution in [0.25, 0.3) is 0 Å². The van der Waals surface area contributed by atoms with Gasteiger partial charge < -0.3 is 10.2 Å². The van der Waals surface area contributed by atoms with E-state index < -0.39 is 0 Å². The van der Waals surface area contributed by atoms with Gasteiger partial charge in [-0.15, -0.1) is 0 Å². The third-order valence-corrected chi connectivity index (χ3v) is 5.21. The van der Waals surface area contributed by atoms with Crippen LogP contribution in [-0.4, -0.2) is 19.1 Å². The van der Waals surface area contributed by atoms with Crippen molar-refractivity contribution in [2.75, 3.05) is 18.0 Å². The van der Waals surface area contributed by atoms with Crippen molar-refractivity contribution < 1.29 is 0 Å². The van der Waals surface area contributed by atoms with Crippen molar-refractivity contribution in [2.45, 2.75) is 58.5 Å². The zero-order valence-electron chi connectivity index (χ0n) is 13.6. The van der Waals surface area contributed by atoms with Crippen molar-refractivity contribution in [3.05, 3.63) is 29.8 Å². The third kappa shape index (κ3) is 4.00. The summed E-state index contributed by atoms with van der Waals surface area (Å²) >= 11 is 0. The van der Waals surface area contributed by atoms with Gasteiger partial charge in [0.05, 0.1) is 0 Å². The van der Waals surface area contributed by atoms with Gasteiger partial charge in [-0.25, -0.2) is 0 Å². The van der Waals surface area contributed by atoms with Gasteiger partial charge >= 0.3 is 0 Å².